The van der Waals surface area contributed by atoms with E-state index >= 15 is 0 Å². The van der Waals surface area contributed by atoms with E-state index in [2.05, 4.69) is 24.0 Å². The van der Waals surface area contributed by atoms with Crippen LogP contribution in [0.25, 0.3) is 0 Å². The van der Waals surface area contributed by atoms with Gasteiger partial charge in [0.05, 0.1) is 6.20 Å². The van der Waals surface area contributed by atoms with Crippen molar-refractivity contribution in [2.75, 3.05) is 17.8 Å². The number of hydrogen-bond donors (Lipinski definition) is 0. The fourth-order valence-corrected chi connectivity index (χ4v) is 1.19. The summed E-state index contributed by atoms with van der Waals surface area (Å²) in [5.41, 5.74) is 0.997. The molecular formula is C10H16ClN3. The largest absolute Gasteiger partial charge is 0.352 e. The Morgan fingerprint density at radius 2 is 2.14 bits per heavy atom. The molecule has 1 aromatic heterocycles. The second kappa shape index (κ2) is 4.13. The monoisotopic (exact) mass is 213 g/mol. The molecular weight excluding hydrogens is 198 g/mol. The van der Waals surface area contributed by atoms with E-state index in [1.807, 2.05) is 24.9 Å². The summed E-state index contributed by atoms with van der Waals surface area (Å²) in [6.45, 7) is 6.15. The van der Waals surface area contributed by atoms with Crippen LogP contribution in [0.3, 0.4) is 0 Å². The second-order valence-electron chi connectivity index (χ2n) is 4.10. The van der Waals surface area contributed by atoms with E-state index in [0.29, 0.717) is 5.88 Å². The van der Waals surface area contributed by atoms with Crippen molar-refractivity contribution in [1.82, 2.24) is 10.2 Å². The molecule has 0 unspecified atom stereocenters. The molecule has 0 saturated carbocycles. The number of rotatable bonds is 3. The van der Waals surface area contributed by atoms with Crippen LogP contribution in [0.2, 0.25) is 0 Å². The minimum Gasteiger partial charge on any atom is -0.352 e. The molecule has 0 amide bonds. The highest BCUT2D eigenvalue weighted by atomic mass is 35.5. The van der Waals surface area contributed by atoms with Crippen molar-refractivity contribution < 1.29 is 0 Å². The van der Waals surface area contributed by atoms with Crippen molar-refractivity contribution in [2.24, 2.45) is 0 Å². The van der Waals surface area contributed by atoms with Gasteiger partial charge in [-0.05, 0) is 32.4 Å². The van der Waals surface area contributed by atoms with Crippen LogP contribution in [-0.2, 0) is 0 Å². The summed E-state index contributed by atoms with van der Waals surface area (Å²) in [7, 11) is 1.98. The van der Waals surface area contributed by atoms with Gasteiger partial charge in [-0.1, -0.05) is 0 Å². The summed E-state index contributed by atoms with van der Waals surface area (Å²) in [6.07, 6.45) is 1.74. The molecule has 1 aromatic rings. The van der Waals surface area contributed by atoms with E-state index in [0.717, 1.165) is 11.4 Å². The molecule has 0 saturated heterocycles. The third-order valence-corrected chi connectivity index (χ3v) is 3.01. The maximum absolute atomic E-state index is 5.89. The number of anilines is 1. The molecule has 1 rings (SSSR count). The SMILES string of the molecule is Cc1cnnc(N(C)C(C)(C)CCl)c1. The zero-order chi connectivity index (χ0) is 10.8. The van der Waals surface area contributed by atoms with Gasteiger partial charge in [0.25, 0.3) is 0 Å². The maximum atomic E-state index is 5.89. The fourth-order valence-electron chi connectivity index (χ4n) is 1.01. The number of aromatic nitrogens is 2. The van der Waals surface area contributed by atoms with E-state index < -0.39 is 0 Å². The molecule has 14 heavy (non-hydrogen) atoms. The number of aryl methyl sites for hydroxylation is 1. The molecule has 0 atom stereocenters. The van der Waals surface area contributed by atoms with Crippen LogP contribution in [0.4, 0.5) is 5.82 Å². The van der Waals surface area contributed by atoms with Crippen LogP contribution in [0, 0.1) is 6.92 Å². The molecule has 0 spiro atoms. The lowest BCUT2D eigenvalue weighted by molar-refractivity contribution is 0.537. The molecule has 0 aliphatic carbocycles. The topological polar surface area (TPSA) is 29.0 Å². The Bertz CT molecular complexity index is 312. The smallest absolute Gasteiger partial charge is 0.151 e. The van der Waals surface area contributed by atoms with Gasteiger partial charge in [-0.15, -0.1) is 16.7 Å². The van der Waals surface area contributed by atoms with Crippen molar-refractivity contribution in [3.05, 3.63) is 17.8 Å². The van der Waals surface area contributed by atoms with E-state index in [1.165, 1.54) is 0 Å². The molecule has 0 bridgehead atoms. The molecule has 0 aromatic carbocycles. The lowest BCUT2D eigenvalue weighted by atomic mass is 10.1. The fraction of sp³-hybridized carbons (Fsp3) is 0.600. The summed E-state index contributed by atoms with van der Waals surface area (Å²) in [5.74, 6) is 1.41. The summed E-state index contributed by atoms with van der Waals surface area (Å²) >= 11 is 5.89. The second-order valence-corrected chi connectivity index (χ2v) is 4.36. The Hall–Kier alpha value is -0.830. The summed E-state index contributed by atoms with van der Waals surface area (Å²) in [6, 6.07) is 2.00. The normalized spacial score (nSPS) is 11.5. The highest BCUT2D eigenvalue weighted by Gasteiger charge is 2.23. The number of hydrogen-bond acceptors (Lipinski definition) is 3. The van der Waals surface area contributed by atoms with Crippen LogP contribution in [0.1, 0.15) is 19.4 Å². The predicted octanol–water partition coefficient (Wildman–Crippen LogP) is 2.24. The molecule has 4 heteroatoms. The molecule has 0 aliphatic rings. The summed E-state index contributed by atoms with van der Waals surface area (Å²) < 4.78 is 0. The Labute approximate surface area is 90.1 Å². The lowest BCUT2D eigenvalue weighted by Gasteiger charge is -2.34. The van der Waals surface area contributed by atoms with Gasteiger partial charge in [-0.3, -0.25) is 0 Å². The first-order chi connectivity index (χ1) is 6.47. The molecule has 0 N–H and O–H groups in total. The predicted molar refractivity (Wildman–Crippen MR) is 60.0 cm³/mol. The van der Waals surface area contributed by atoms with Gasteiger partial charge in [-0.25, -0.2) is 0 Å². The van der Waals surface area contributed by atoms with Crippen LogP contribution >= 0.6 is 11.6 Å². The van der Waals surface area contributed by atoms with Gasteiger partial charge in [0, 0.05) is 18.5 Å². The van der Waals surface area contributed by atoms with Gasteiger partial charge in [0.1, 0.15) is 0 Å². The van der Waals surface area contributed by atoms with E-state index in [1.54, 1.807) is 6.20 Å². The average molecular weight is 214 g/mol. The maximum Gasteiger partial charge on any atom is 0.151 e. The molecule has 0 fully saturated rings. The third kappa shape index (κ3) is 2.35. The van der Waals surface area contributed by atoms with Crippen LogP contribution in [0.15, 0.2) is 12.3 Å². The first-order valence-corrected chi connectivity index (χ1v) is 5.10. The quantitative estimate of drug-likeness (QED) is 0.722. The van der Waals surface area contributed by atoms with Gasteiger partial charge in [-0.2, -0.15) is 5.10 Å². The third-order valence-electron chi connectivity index (χ3n) is 2.36. The Balaban J connectivity index is 2.94. The summed E-state index contributed by atoms with van der Waals surface area (Å²) in [4.78, 5) is 2.04. The molecule has 0 aliphatic heterocycles. The van der Waals surface area contributed by atoms with Gasteiger partial charge >= 0.3 is 0 Å². The first kappa shape index (κ1) is 11.2. The highest BCUT2D eigenvalue weighted by molar-refractivity contribution is 6.18. The Morgan fingerprint density at radius 3 is 2.64 bits per heavy atom. The Morgan fingerprint density at radius 1 is 1.50 bits per heavy atom. The van der Waals surface area contributed by atoms with E-state index in [9.17, 15) is 0 Å². The van der Waals surface area contributed by atoms with Crippen molar-refractivity contribution in [2.45, 2.75) is 26.3 Å². The summed E-state index contributed by atoms with van der Waals surface area (Å²) in [5, 5.41) is 7.99. The van der Waals surface area contributed by atoms with E-state index in [-0.39, 0.29) is 5.54 Å². The van der Waals surface area contributed by atoms with E-state index in [4.69, 9.17) is 11.6 Å². The number of nitrogens with zero attached hydrogens (tertiary/aromatic N) is 3. The highest BCUT2D eigenvalue weighted by Crippen LogP contribution is 2.20. The first-order valence-electron chi connectivity index (χ1n) is 4.56. The number of alkyl halides is 1. The zero-order valence-electron chi connectivity index (χ0n) is 9.08. The van der Waals surface area contributed by atoms with Gasteiger partial charge in [0.15, 0.2) is 5.82 Å². The molecule has 1 heterocycles. The zero-order valence-corrected chi connectivity index (χ0v) is 9.84. The van der Waals surface area contributed by atoms with Crippen LogP contribution < -0.4 is 4.90 Å². The average Bonchev–Trinajstić information content (AvgIpc) is 2.16. The standard InChI is InChI=1S/C10H16ClN3/c1-8-5-9(13-12-6-8)14(4)10(2,3)7-11/h5-6H,7H2,1-4H3. The number of halogens is 1. The van der Waals surface area contributed by atoms with Crippen molar-refractivity contribution in [3.8, 4) is 0 Å². The van der Waals surface area contributed by atoms with Gasteiger partial charge < -0.3 is 4.90 Å². The lowest BCUT2D eigenvalue weighted by Crippen LogP contribution is -2.43. The van der Waals surface area contributed by atoms with Crippen molar-refractivity contribution in [1.29, 1.82) is 0 Å². The minimum atomic E-state index is -0.107. The molecule has 0 radical (unpaired) electrons. The molecule has 78 valence electrons. The Kier molecular flexibility index (Phi) is 3.32. The van der Waals surface area contributed by atoms with Gasteiger partial charge in [0.2, 0.25) is 0 Å². The minimum absolute atomic E-state index is 0.107. The molecule has 3 nitrogen and oxygen atoms in total. The van der Waals surface area contributed by atoms with Crippen LogP contribution in [0.5, 0.6) is 0 Å². The van der Waals surface area contributed by atoms with Crippen molar-refractivity contribution >= 4 is 17.4 Å². The van der Waals surface area contributed by atoms with Crippen LogP contribution in [-0.4, -0.2) is 28.7 Å². The van der Waals surface area contributed by atoms with Crippen molar-refractivity contribution in [3.63, 3.8) is 0 Å².